The van der Waals surface area contributed by atoms with Crippen LogP contribution in [0.5, 0.6) is 5.75 Å². The summed E-state index contributed by atoms with van der Waals surface area (Å²) in [6.45, 7) is 7.73. The molecule has 59 heavy (non-hydrogen) atoms. The predicted molar refractivity (Wildman–Crippen MR) is 213 cm³/mol. The standard InChI is InChI=1S/C39H55N7O12S/c1-21(2)16-27(32(40)53)43-33(54)26(13-15-59-6)42-35(56)30-8-7-14-45(30)37(58)39(22(3)4)38(19-47,20-48)46(39)36(57)29(17-24-9-11-25(50)12-10-24)44-34(55)28(18-31(51)52)41-23(5)49/h9-12,19-22,26-30,50H,7-8,13-18H2,1-6H3,(H2,40,53)(H,41,49)(H,42,56)(H,43,54)(H,44,55)(H,51,52)/t26-,27-,28-,29-,30-,39-,46?/m0/s1. The molecule has 8 N–H and O–H groups in total. The molecule has 0 unspecified atom stereocenters. The van der Waals surface area contributed by atoms with Crippen molar-refractivity contribution >= 4 is 71.7 Å². The second-order valence-corrected chi connectivity index (χ2v) is 16.5. The molecule has 0 saturated carbocycles. The zero-order valence-electron chi connectivity index (χ0n) is 34.0. The maximum Gasteiger partial charge on any atom is 0.305 e. The van der Waals surface area contributed by atoms with Crippen LogP contribution < -0.4 is 27.0 Å². The average Bonchev–Trinajstić information content (AvgIpc) is 3.49. The van der Waals surface area contributed by atoms with Gasteiger partial charge in [-0.05, 0) is 67.2 Å². The van der Waals surface area contributed by atoms with Gasteiger partial charge in [0, 0.05) is 19.9 Å². The van der Waals surface area contributed by atoms with Gasteiger partial charge >= 0.3 is 5.97 Å². The number of aromatic hydroxyl groups is 1. The highest BCUT2D eigenvalue weighted by atomic mass is 32.2. The number of carboxylic acids is 1. The molecule has 0 radical (unpaired) electrons. The summed E-state index contributed by atoms with van der Waals surface area (Å²) in [5.41, 5.74) is 1.29. The maximum atomic E-state index is 14.9. The van der Waals surface area contributed by atoms with Crippen LogP contribution in [0.25, 0.3) is 0 Å². The van der Waals surface area contributed by atoms with Gasteiger partial charge in [-0.15, -0.1) is 0 Å². The minimum atomic E-state index is -2.41. The molecule has 3 rings (SSSR count). The van der Waals surface area contributed by atoms with E-state index in [0.29, 0.717) is 17.7 Å². The molecule has 6 atom stereocenters. The molecule has 2 aliphatic rings. The van der Waals surface area contributed by atoms with E-state index in [0.717, 1.165) is 16.7 Å². The highest BCUT2D eigenvalue weighted by Gasteiger charge is 2.84. The highest BCUT2D eigenvalue weighted by Crippen LogP contribution is 2.56. The van der Waals surface area contributed by atoms with Gasteiger partial charge in [-0.25, -0.2) is 0 Å². The van der Waals surface area contributed by atoms with Crippen LogP contribution in [0.1, 0.15) is 72.3 Å². The van der Waals surface area contributed by atoms with Gasteiger partial charge in [0.1, 0.15) is 36.0 Å². The van der Waals surface area contributed by atoms with Crippen molar-refractivity contribution in [3.8, 4) is 5.75 Å². The first kappa shape index (κ1) is 47.8. The Morgan fingerprint density at radius 1 is 0.898 bits per heavy atom. The van der Waals surface area contributed by atoms with Gasteiger partial charge < -0.3 is 56.6 Å². The van der Waals surface area contributed by atoms with Crippen molar-refractivity contribution in [1.82, 2.24) is 31.1 Å². The number of carbonyl (C=O) groups is 10. The van der Waals surface area contributed by atoms with Gasteiger partial charge in [0.2, 0.25) is 35.4 Å². The lowest BCUT2D eigenvalue weighted by Crippen LogP contribution is -2.59. The molecule has 20 heteroatoms. The second kappa shape index (κ2) is 20.4. The SMILES string of the molecule is CSCC[C@H](NC(=O)[C@@H]1CCCN1C(=O)[C@]1(C(C)C)N(C(=O)[C@H](Cc2ccc(O)cc2)NC(=O)[C@H](CC(=O)O)NC(C)=O)C1(C=O)C=O)C(=O)N[C@@H](CC(C)C)C(N)=O. The van der Waals surface area contributed by atoms with Crippen LogP contribution in [-0.2, 0) is 54.4 Å². The molecule has 2 aliphatic heterocycles. The number of aliphatic carboxylic acids is 1. The lowest BCUT2D eigenvalue weighted by molar-refractivity contribution is -0.146. The molecular weight excluding hydrogens is 791 g/mol. The molecular formula is C39H55N7O12S. The number of benzene rings is 1. The lowest BCUT2D eigenvalue weighted by atomic mass is 9.83. The molecule has 2 heterocycles. The molecule has 2 saturated heterocycles. The van der Waals surface area contributed by atoms with Crippen LogP contribution in [0.15, 0.2) is 24.3 Å². The van der Waals surface area contributed by atoms with E-state index >= 15 is 0 Å². The van der Waals surface area contributed by atoms with Crippen LogP contribution >= 0.6 is 11.8 Å². The molecule has 2 fully saturated rings. The van der Waals surface area contributed by atoms with E-state index in [1.54, 1.807) is 6.26 Å². The Balaban J connectivity index is 2.03. The number of carbonyl (C=O) groups excluding carboxylic acids is 9. The number of carboxylic acid groups (broad SMARTS) is 1. The van der Waals surface area contributed by atoms with E-state index in [4.69, 9.17) is 5.73 Å². The lowest BCUT2D eigenvalue weighted by Gasteiger charge is -2.32. The Labute approximate surface area is 346 Å². The Morgan fingerprint density at radius 2 is 1.49 bits per heavy atom. The summed E-state index contributed by atoms with van der Waals surface area (Å²) in [5, 5.41) is 29.2. The molecule has 7 amide bonds. The molecule has 1 aromatic carbocycles. The van der Waals surface area contributed by atoms with Crippen molar-refractivity contribution in [3.63, 3.8) is 0 Å². The maximum absolute atomic E-state index is 14.9. The van der Waals surface area contributed by atoms with E-state index in [2.05, 4.69) is 21.3 Å². The number of hydrogen-bond acceptors (Lipinski definition) is 12. The summed E-state index contributed by atoms with van der Waals surface area (Å²) >= 11 is 1.41. The first-order valence-electron chi connectivity index (χ1n) is 19.3. The number of amides is 7. The Hall–Kier alpha value is -5.53. The number of likely N-dealkylation sites (tertiary alicyclic amines) is 1. The van der Waals surface area contributed by atoms with Gasteiger partial charge in [0.05, 0.1) is 6.42 Å². The summed E-state index contributed by atoms with van der Waals surface area (Å²) < 4.78 is 0. The van der Waals surface area contributed by atoms with E-state index in [1.807, 2.05) is 13.8 Å². The fourth-order valence-corrected chi connectivity index (χ4v) is 8.18. The monoisotopic (exact) mass is 845 g/mol. The van der Waals surface area contributed by atoms with Gasteiger partial charge in [-0.1, -0.05) is 39.8 Å². The van der Waals surface area contributed by atoms with Crippen LogP contribution in [0.4, 0.5) is 0 Å². The fraction of sp³-hybridized carbons (Fsp3) is 0.590. The minimum Gasteiger partial charge on any atom is -0.508 e. The third-order valence-electron chi connectivity index (χ3n) is 10.5. The quantitative estimate of drug-likeness (QED) is 0.0420. The number of thioether (sulfide) groups is 1. The third-order valence-corrected chi connectivity index (χ3v) is 11.2. The second-order valence-electron chi connectivity index (χ2n) is 15.5. The van der Waals surface area contributed by atoms with Gasteiger partial charge in [-0.3, -0.25) is 38.4 Å². The molecule has 0 aliphatic carbocycles. The first-order valence-corrected chi connectivity index (χ1v) is 20.7. The van der Waals surface area contributed by atoms with Gasteiger partial charge in [-0.2, -0.15) is 11.8 Å². The Bertz CT molecular complexity index is 1770. The number of hydrogen-bond donors (Lipinski definition) is 7. The summed E-state index contributed by atoms with van der Waals surface area (Å²) in [6, 6.07) is -1.17. The molecule has 0 bridgehead atoms. The molecule has 1 aromatic rings. The number of nitrogens with one attached hydrogen (secondary N) is 4. The average molecular weight is 846 g/mol. The zero-order valence-corrected chi connectivity index (χ0v) is 34.8. The predicted octanol–water partition coefficient (Wildman–Crippen LogP) is -0.982. The minimum absolute atomic E-state index is 0.00838. The van der Waals surface area contributed by atoms with Crippen molar-refractivity contribution in [2.24, 2.45) is 17.6 Å². The molecule has 324 valence electrons. The van der Waals surface area contributed by atoms with E-state index < -0.39 is 101 Å². The number of nitrogens with zero attached hydrogens (tertiary/aromatic N) is 2. The molecule has 19 nitrogen and oxygen atoms in total. The highest BCUT2D eigenvalue weighted by molar-refractivity contribution is 7.98. The number of aldehydes is 2. The van der Waals surface area contributed by atoms with Gasteiger partial charge in [0.25, 0.3) is 5.91 Å². The van der Waals surface area contributed by atoms with Crippen LogP contribution in [0.2, 0.25) is 0 Å². The Kier molecular flexibility index (Phi) is 16.6. The van der Waals surface area contributed by atoms with E-state index in [1.165, 1.54) is 49.9 Å². The van der Waals surface area contributed by atoms with Gasteiger partial charge in [0.15, 0.2) is 23.7 Å². The summed E-state index contributed by atoms with van der Waals surface area (Å²) in [6.07, 6.45) is 1.75. The molecule has 0 spiro atoms. The summed E-state index contributed by atoms with van der Waals surface area (Å²) in [4.78, 5) is 134. The van der Waals surface area contributed by atoms with Crippen LogP contribution in [0.3, 0.4) is 0 Å². The normalized spacial score (nSPS) is 20.1. The van der Waals surface area contributed by atoms with Crippen LogP contribution in [0, 0.1) is 11.8 Å². The largest absolute Gasteiger partial charge is 0.508 e. The number of nitrogens with two attached hydrogens (primary N) is 1. The number of rotatable bonds is 22. The number of phenolic OH excluding ortho intramolecular Hbond substituents is 1. The molecule has 0 aromatic heterocycles. The topological polar surface area (TPSA) is 292 Å². The smallest absolute Gasteiger partial charge is 0.305 e. The summed E-state index contributed by atoms with van der Waals surface area (Å²) in [5.74, 6) is -8.02. The van der Waals surface area contributed by atoms with Crippen molar-refractivity contribution in [2.75, 3.05) is 18.6 Å². The van der Waals surface area contributed by atoms with Crippen LogP contribution in [-0.4, -0.2) is 140 Å². The van der Waals surface area contributed by atoms with Crippen molar-refractivity contribution in [3.05, 3.63) is 29.8 Å². The first-order chi connectivity index (χ1) is 27.7. The third kappa shape index (κ3) is 10.8. The van der Waals surface area contributed by atoms with Crippen molar-refractivity contribution in [2.45, 2.75) is 114 Å². The number of phenols is 1. The summed E-state index contributed by atoms with van der Waals surface area (Å²) in [7, 11) is 0. The fourth-order valence-electron chi connectivity index (χ4n) is 7.71. The van der Waals surface area contributed by atoms with E-state index in [9.17, 15) is 58.2 Å². The Morgan fingerprint density at radius 3 is 2.00 bits per heavy atom. The van der Waals surface area contributed by atoms with Crippen molar-refractivity contribution < 1.29 is 58.2 Å². The number of primary amides is 1. The van der Waals surface area contributed by atoms with Crippen molar-refractivity contribution in [1.29, 1.82) is 0 Å². The zero-order chi connectivity index (χ0) is 44.4. The van der Waals surface area contributed by atoms with E-state index in [-0.39, 0.29) is 56.5 Å².